The zero-order valence-corrected chi connectivity index (χ0v) is 13.2. The Labute approximate surface area is 129 Å². The lowest BCUT2D eigenvalue weighted by Crippen LogP contribution is -2.34. The molecule has 1 fully saturated rings. The van der Waals surface area contributed by atoms with Crippen LogP contribution in [0.1, 0.15) is 24.7 Å². The van der Waals surface area contributed by atoms with Crippen LogP contribution in [-0.4, -0.2) is 57.5 Å². The normalized spacial score (nSPS) is 20.0. The van der Waals surface area contributed by atoms with Gasteiger partial charge in [-0.25, -0.2) is 9.97 Å². The van der Waals surface area contributed by atoms with E-state index >= 15 is 0 Å². The van der Waals surface area contributed by atoms with E-state index in [1.807, 2.05) is 0 Å². The van der Waals surface area contributed by atoms with E-state index < -0.39 is 0 Å². The number of piperidine rings is 1. The maximum Gasteiger partial charge on any atom is 0.245 e. The second kappa shape index (κ2) is 6.15. The number of hydrogen-bond acceptors (Lipinski definition) is 5. The summed E-state index contributed by atoms with van der Waals surface area (Å²) in [7, 11) is 3.76. The summed E-state index contributed by atoms with van der Waals surface area (Å²) in [6.45, 7) is 2.15. The predicted octanol–water partition coefficient (Wildman–Crippen LogP) is 1.88. The third-order valence-electron chi connectivity index (χ3n) is 3.99. The molecular weight excluding hydrogens is 290 g/mol. The van der Waals surface area contributed by atoms with E-state index in [1.165, 1.54) is 12.7 Å². The molecule has 1 atom stereocenters. The minimum atomic E-state index is 0.381. The van der Waals surface area contributed by atoms with Crippen LogP contribution in [-0.2, 0) is 6.42 Å². The van der Waals surface area contributed by atoms with Gasteiger partial charge in [0.05, 0.1) is 7.11 Å². The molecule has 6 nitrogen and oxygen atoms in total. The zero-order valence-electron chi connectivity index (χ0n) is 12.4. The largest absolute Gasteiger partial charge is 0.479 e. The van der Waals surface area contributed by atoms with Gasteiger partial charge in [0.1, 0.15) is 12.2 Å². The first-order valence-electron chi connectivity index (χ1n) is 7.25. The third-order valence-corrected chi connectivity index (χ3v) is 4.18. The van der Waals surface area contributed by atoms with Crippen molar-refractivity contribution in [1.29, 1.82) is 0 Å². The van der Waals surface area contributed by atoms with E-state index in [0.717, 1.165) is 42.9 Å². The topological polar surface area (TPSA) is 56.1 Å². The monoisotopic (exact) mass is 309 g/mol. The molecule has 1 aliphatic rings. The molecule has 1 saturated heterocycles. The summed E-state index contributed by atoms with van der Waals surface area (Å²) in [4.78, 5) is 15.6. The minimum Gasteiger partial charge on any atom is -0.479 e. The molecule has 3 heterocycles. The molecule has 21 heavy (non-hydrogen) atoms. The number of likely N-dealkylation sites (N-methyl/N-ethyl adjacent to an activating group) is 1. The molecule has 114 valence electrons. The Bertz CT molecular complexity index is 629. The van der Waals surface area contributed by atoms with Crippen molar-refractivity contribution in [2.45, 2.75) is 25.3 Å². The van der Waals surface area contributed by atoms with Crippen molar-refractivity contribution >= 4 is 22.8 Å². The van der Waals surface area contributed by atoms with Crippen LogP contribution in [0, 0.1) is 0 Å². The van der Waals surface area contributed by atoms with E-state index in [-0.39, 0.29) is 0 Å². The molecule has 0 saturated carbocycles. The lowest BCUT2D eigenvalue weighted by molar-refractivity contribution is 0.212. The quantitative estimate of drug-likeness (QED) is 0.807. The Kier molecular flexibility index (Phi) is 4.26. The van der Waals surface area contributed by atoms with Gasteiger partial charge in [-0.1, -0.05) is 0 Å². The number of aromatic nitrogens is 4. The first-order chi connectivity index (χ1) is 10.2. The van der Waals surface area contributed by atoms with Gasteiger partial charge in [-0.2, -0.15) is 4.98 Å². The highest BCUT2D eigenvalue weighted by atomic mass is 35.5. The first kappa shape index (κ1) is 14.5. The van der Waals surface area contributed by atoms with Crippen LogP contribution in [0.15, 0.2) is 6.33 Å². The molecule has 7 heteroatoms. The van der Waals surface area contributed by atoms with Crippen LogP contribution in [0.3, 0.4) is 0 Å². The van der Waals surface area contributed by atoms with Crippen LogP contribution in [0.2, 0.25) is 0 Å². The molecule has 0 radical (unpaired) electrons. The van der Waals surface area contributed by atoms with Crippen LogP contribution >= 0.6 is 11.6 Å². The lowest BCUT2D eigenvalue weighted by Gasteiger charge is -2.31. The Morgan fingerprint density at radius 3 is 3.00 bits per heavy atom. The predicted molar refractivity (Wildman–Crippen MR) is 82.1 cm³/mol. The molecule has 3 rings (SSSR count). The Balaban J connectivity index is 2.11. The van der Waals surface area contributed by atoms with E-state index in [0.29, 0.717) is 17.8 Å². The van der Waals surface area contributed by atoms with Crippen molar-refractivity contribution in [1.82, 2.24) is 24.4 Å². The summed E-state index contributed by atoms with van der Waals surface area (Å²) in [5.74, 6) is 2.04. The molecule has 0 bridgehead atoms. The van der Waals surface area contributed by atoms with Gasteiger partial charge < -0.3 is 14.2 Å². The average Bonchev–Trinajstić information content (AvgIpc) is 2.85. The maximum absolute atomic E-state index is 5.95. The van der Waals surface area contributed by atoms with E-state index in [4.69, 9.17) is 16.3 Å². The number of nitrogens with zero attached hydrogens (tertiary/aromatic N) is 5. The second-order valence-corrected chi connectivity index (χ2v) is 5.83. The van der Waals surface area contributed by atoms with E-state index in [2.05, 4.69) is 31.5 Å². The summed E-state index contributed by atoms with van der Waals surface area (Å²) in [5.41, 5.74) is 1.58. The molecule has 0 aromatic carbocycles. The first-order valence-corrected chi connectivity index (χ1v) is 7.78. The van der Waals surface area contributed by atoms with Gasteiger partial charge in [0.25, 0.3) is 0 Å². The van der Waals surface area contributed by atoms with Gasteiger partial charge in [-0.15, -0.1) is 11.6 Å². The smallest absolute Gasteiger partial charge is 0.245 e. The number of imidazole rings is 1. The van der Waals surface area contributed by atoms with Gasteiger partial charge in [-0.05, 0) is 26.4 Å². The van der Waals surface area contributed by atoms with Gasteiger partial charge in [-0.3, -0.25) is 0 Å². The molecule has 1 unspecified atom stereocenters. The summed E-state index contributed by atoms with van der Waals surface area (Å²) in [6.07, 6.45) is 4.58. The number of ether oxygens (including phenoxy) is 1. The highest BCUT2D eigenvalue weighted by Crippen LogP contribution is 2.29. The molecule has 0 amide bonds. The summed E-state index contributed by atoms with van der Waals surface area (Å²) < 4.78 is 7.55. The molecule has 0 aliphatic carbocycles. The highest BCUT2D eigenvalue weighted by Gasteiger charge is 2.25. The fraction of sp³-hybridized carbons (Fsp3) is 0.643. The number of aryl methyl sites for hydroxylation is 1. The number of alkyl halides is 1. The number of likely N-dealkylation sites (tertiary alicyclic amines) is 1. The highest BCUT2D eigenvalue weighted by molar-refractivity contribution is 6.17. The number of fused-ring (bicyclic) bond motifs is 1. The summed E-state index contributed by atoms with van der Waals surface area (Å²) in [6, 6.07) is 0.381. The Morgan fingerprint density at radius 1 is 1.43 bits per heavy atom. The number of hydrogen-bond donors (Lipinski definition) is 0. The molecular formula is C14H20ClN5O. The molecule has 1 aliphatic heterocycles. The fourth-order valence-electron chi connectivity index (χ4n) is 3.08. The van der Waals surface area contributed by atoms with Crippen molar-refractivity contribution in [3.8, 4) is 5.88 Å². The molecule has 0 N–H and O–H groups in total. The molecule has 2 aromatic heterocycles. The van der Waals surface area contributed by atoms with Gasteiger partial charge >= 0.3 is 0 Å². The van der Waals surface area contributed by atoms with Crippen molar-refractivity contribution in [3.63, 3.8) is 0 Å². The molecule has 2 aromatic rings. The zero-order chi connectivity index (χ0) is 14.8. The second-order valence-electron chi connectivity index (χ2n) is 5.45. The Morgan fingerprint density at radius 2 is 2.29 bits per heavy atom. The van der Waals surface area contributed by atoms with E-state index in [9.17, 15) is 0 Å². The summed E-state index contributed by atoms with van der Waals surface area (Å²) >= 11 is 5.95. The van der Waals surface area contributed by atoms with Crippen molar-refractivity contribution in [3.05, 3.63) is 12.2 Å². The van der Waals surface area contributed by atoms with E-state index in [1.54, 1.807) is 7.11 Å². The van der Waals surface area contributed by atoms with Crippen LogP contribution in [0.5, 0.6) is 5.88 Å². The average molecular weight is 310 g/mol. The standard InChI is InChI=1S/C14H20ClN5O/c1-19-7-3-4-10(8-19)20-11(5-6-15)18-12-13(20)16-9-17-14(12)21-2/h9-10H,3-8H2,1-2H3. The van der Waals surface area contributed by atoms with Crippen LogP contribution in [0.4, 0.5) is 0 Å². The lowest BCUT2D eigenvalue weighted by atomic mass is 10.1. The van der Waals surface area contributed by atoms with Crippen molar-refractivity contribution < 1.29 is 4.74 Å². The number of methoxy groups -OCH3 is 1. The molecule has 0 spiro atoms. The third kappa shape index (κ3) is 2.70. The minimum absolute atomic E-state index is 0.381. The number of rotatable bonds is 4. The Hall–Kier alpha value is -1.40. The summed E-state index contributed by atoms with van der Waals surface area (Å²) in [5, 5.41) is 0. The van der Waals surface area contributed by atoms with Gasteiger partial charge in [0.15, 0.2) is 11.2 Å². The van der Waals surface area contributed by atoms with Gasteiger partial charge in [0, 0.05) is 24.9 Å². The maximum atomic E-state index is 5.95. The van der Waals surface area contributed by atoms with Crippen LogP contribution < -0.4 is 4.74 Å². The fourth-order valence-corrected chi connectivity index (χ4v) is 3.25. The van der Waals surface area contributed by atoms with Gasteiger partial charge in [0.2, 0.25) is 5.88 Å². The van der Waals surface area contributed by atoms with Crippen molar-refractivity contribution in [2.24, 2.45) is 0 Å². The van der Waals surface area contributed by atoms with Crippen molar-refractivity contribution in [2.75, 3.05) is 33.1 Å². The number of halogens is 1. The van der Waals surface area contributed by atoms with Crippen LogP contribution in [0.25, 0.3) is 11.2 Å². The SMILES string of the molecule is COc1ncnc2c1nc(CCCl)n2C1CCCN(C)C1.